The molecule has 5 atom stereocenters. The van der Waals surface area contributed by atoms with Crippen molar-refractivity contribution in [3.8, 4) is 5.75 Å². The van der Waals surface area contributed by atoms with E-state index in [1.807, 2.05) is 24.3 Å². The molecule has 3 nitrogen and oxygen atoms in total. The molecule has 2 bridgehead atoms. The molecule has 0 saturated heterocycles. The fourth-order valence-corrected chi connectivity index (χ4v) is 4.27. The number of hydrogen-bond acceptors (Lipinski definition) is 3. The van der Waals surface area contributed by atoms with Gasteiger partial charge in [-0.05, 0) is 63.0 Å². The summed E-state index contributed by atoms with van der Waals surface area (Å²) >= 11 is 0. The van der Waals surface area contributed by atoms with Crippen LogP contribution in [0.3, 0.4) is 0 Å². The Morgan fingerprint density at radius 1 is 1.23 bits per heavy atom. The monoisotopic (exact) mass is 303 g/mol. The lowest BCUT2D eigenvalue weighted by atomic mass is 9.84. The number of hydrogen-bond donors (Lipinski definition) is 2. The number of nitrogens with one attached hydrogen (secondary N) is 1. The van der Waals surface area contributed by atoms with Gasteiger partial charge in [0.2, 0.25) is 0 Å². The van der Waals surface area contributed by atoms with E-state index in [1.54, 1.807) is 0 Å². The highest BCUT2D eigenvalue weighted by atomic mass is 16.5. The topological polar surface area (TPSA) is 41.5 Å². The van der Waals surface area contributed by atoms with E-state index in [0.29, 0.717) is 19.2 Å². The molecule has 0 unspecified atom stereocenters. The van der Waals surface area contributed by atoms with Crippen LogP contribution in [0.5, 0.6) is 5.75 Å². The molecular weight excluding hydrogens is 274 g/mol. The molecule has 3 rings (SSSR count). The van der Waals surface area contributed by atoms with E-state index in [9.17, 15) is 5.11 Å². The summed E-state index contributed by atoms with van der Waals surface area (Å²) in [6.07, 6.45) is 5.23. The second kappa shape index (κ2) is 7.01. The smallest absolute Gasteiger partial charge is 0.119 e. The molecule has 2 N–H and O–H groups in total. The lowest BCUT2D eigenvalue weighted by Crippen LogP contribution is -2.41. The largest absolute Gasteiger partial charge is 0.491 e. The van der Waals surface area contributed by atoms with Gasteiger partial charge in [0.25, 0.3) is 0 Å². The Balaban J connectivity index is 1.37. The van der Waals surface area contributed by atoms with Gasteiger partial charge in [-0.3, -0.25) is 0 Å². The van der Waals surface area contributed by atoms with Crippen LogP contribution in [0, 0.1) is 24.7 Å². The lowest BCUT2D eigenvalue weighted by molar-refractivity contribution is 0.0993. The van der Waals surface area contributed by atoms with E-state index in [4.69, 9.17) is 4.74 Å². The molecule has 0 radical (unpaired) electrons. The van der Waals surface area contributed by atoms with Crippen molar-refractivity contribution in [2.75, 3.05) is 13.2 Å². The zero-order chi connectivity index (χ0) is 15.5. The van der Waals surface area contributed by atoms with Crippen LogP contribution in [-0.4, -0.2) is 30.4 Å². The van der Waals surface area contributed by atoms with Crippen molar-refractivity contribution in [1.82, 2.24) is 5.32 Å². The van der Waals surface area contributed by atoms with E-state index in [0.717, 1.165) is 23.5 Å². The summed E-state index contributed by atoms with van der Waals surface area (Å²) in [6.45, 7) is 5.29. The third-order valence-electron chi connectivity index (χ3n) is 5.57. The standard InChI is InChI=1S/C19H29NO2/c1-13-3-7-18(8-4-13)22-12-17(21)11-20-14(2)19-10-15-5-6-16(19)9-15/h3-4,7-8,14-17,19-21H,5-6,9-12H2,1-2H3/t14-,15+,16+,17-,19+/m1/s1. The van der Waals surface area contributed by atoms with Crippen molar-refractivity contribution in [3.63, 3.8) is 0 Å². The van der Waals surface area contributed by atoms with E-state index in [-0.39, 0.29) is 0 Å². The van der Waals surface area contributed by atoms with Crippen molar-refractivity contribution in [2.24, 2.45) is 17.8 Å². The van der Waals surface area contributed by atoms with Crippen LogP contribution in [0.15, 0.2) is 24.3 Å². The van der Waals surface area contributed by atoms with Crippen LogP contribution in [-0.2, 0) is 0 Å². The highest BCUT2D eigenvalue weighted by Crippen LogP contribution is 2.49. The van der Waals surface area contributed by atoms with Crippen LogP contribution in [0.1, 0.15) is 38.2 Å². The zero-order valence-corrected chi connectivity index (χ0v) is 13.8. The first kappa shape index (κ1) is 15.8. The Kier molecular flexibility index (Phi) is 5.04. The van der Waals surface area contributed by atoms with E-state index in [1.165, 1.54) is 31.2 Å². The summed E-state index contributed by atoms with van der Waals surface area (Å²) in [5, 5.41) is 13.6. The molecule has 0 heterocycles. The molecule has 122 valence electrons. The summed E-state index contributed by atoms with van der Waals surface area (Å²) in [7, 11) is 0. The summed E-state index contributed by atoms with van der Waals surface area (Å²) < 4.78 is 5.64. The molecule has 0 amide bonds. The minimum Gasteiger partial charge on any atom is -0.491 e. The quantitative estimate of drug-likeness (QED) is 0.813. The van der Waals surface area contributed by atoms with Gasteiger partial charge in [0.1, 0.15) is 18.5 Å². The van der Waals surface area contributed by atoms with Gasteiger partial charge in [-0.15, -0.1) is 0 Å². The van der Waals surface area contributed by atoms with Crippen LogP contribution in [0.2, 0.25) is 0 Å². The van der Waals surface area contributed by atoms with Gasteiger partial charge in [-0.1, -0.05) is 24.1 Å². The molecule has 2 aliphatic carbocycles. The number of benzene rings is 1. The average Bonchev–Trinajstić information content (AvgIpc) is 3.15. The van der Waals surface area contributed by atoms with Gasteiger partial charge < -0.3 is 15.2 Å². The Morgan fingerprint density at radius 3 is 2.64 bits per heavy atom. The van der Waals surface area contributed by atoms with Crippen molar-refractivity contribution < 1.29 is 9.84 Å². The van der Waals surface area contributed by atoms with Crippen LogP contribution >= 0.6 is 0 Å². The number of aliphatic hydroxyl groups is 1. The Labute approximate surface area is 134 Å². The molecule has 1 aromatic carbocycles. The van der Waals surface area contributed by atoms with E-state index >= 15 is 0 Å². The Bertz CT molecular complexity index is 473. The fraction of sp³-hybridized carbons (Fsp3) is 0.684. The van der Waals surface area contributed by atoms with Gasteiger partial charge >= 0.3 is 0 Å². The summed E-state index contributed by atoms with van der Waals surface area (Å²) in [5.74, 6) is 3.54. The first-order valence-electron chi connectivity index (χ1n) is 8.72. The van der Waals surface area contributed by atoms with Gasteiger partial charge in [-0.2, -0.15) is 0 Å². The second-order valence-corrected chi connectivity index (χ2v) is 7.31. The molecule has 2 fully saturated rings. The van der Waals surface area contributed by atoms with Crippen molar-refractivity contribution in [3.05, 3.63) is 29.8 Å². The molecule has 0 spiro atoms. The van der Waals surface area contributed by atoms with Gasteiger partial charge in [0, 0.05) is 12.6 Å². The minimum absolute atomic E-state index is 0.347. The van der Waals surface area contributed by atoms with Crippen molar-refractivity contribution in [2.45, 2.75) is 51.7 Å². The highest BCUT2D eigenvalue weighted by molar-refractivity contribution is 5.26. The Morgan fingerprint density at radius 2 is 2.00 bits per heavy atom. The maximum absolute atomic E-state index is 10.1. The molecule has 22 heavy (non-hydrogen) atoms. The summed E-state index contributed by atoms with van der Waals surface area (Å²) in [6, 6.07) is 8.46. The average molecular weight is 303 g/mol. The maximum Gasteiger partial charge on any atom is 0.119 e. The number of aryl methyl sites for hydroxylation is 1. The number of rotatable bonds is 7. The number of fused-ring (bicyclic) bond motifs is 2. The predicted octanol–water partition coefficient (Wildman–Crippen LogP) is 3.15. The predicted molar refractivity (Wildman–Crippen MR) is 89.1 cm³/mol. The third-order valence-corrected chi connectivity index (χ3v) is 5.57. The molecule has 1 aromatic rings. The lowest BCUT2D eigenvalue weighted by Gasteiger charge is -2.29. The second-order valence-electron chi connectivity index (χ2n) is 7.31. The normalized spacial score (nSPS) is 29.5. The first-order chi connectivity index (χ1) is 10.6. The van der Waals surface area contributed by atoms with Crippen LogP contribution in [0.4, 0.5) is 0 Å². The van der Waals surface area contributed by atoms with Crippen LogP contribution in [0.25, 0.3) is 0 Å². The van der Waals surface area contributed by atoms with E-state index < -0.39 is 6.10 Å². The molecule has 2 aliphatic rings. The third kappa shape index (κ3) is 3.82. The van der Waals surface area contributed by atoms with Gasteiger partial charge in [0.15, 0.2) is 0 Å². The molecule has 0 aromatic heterocycles. The molecule has 3 heteroatoms. The number of aliphatic hydroxyl groups excluding tert-OH is 1. The van der Waals surface area contributed by atoms with Crippen LogP contribution < -0.4 is 10.1 Å². The first-order valence-corrected chi connectivity index (χ1v) is 8.72. The summed E-state index contributed by atoms with van der Waals surface area (Å²) in [5.41, 5.74) is 1.22. The summed E-state index contributed by atoms with van der Waals surface area (Å²) in [4.78, 5) is 0. The Hall–Kier alpha value is -1.06. The van der Waals surface area contributed by atoms with Crippen molar-refractivity contribution in [1.29, 1.82) is 0 Å². The maximum atomic E-state index is 10.1. The molecular formula is C19H29NO2. The van der Waals surface area contributed by atoms with Gasteiger partial charge in [-0.25, -0.2) is 0 Å². The fourth-order valence-electron chi connectivity index (χ4n) is 4.27. The SMILES string of the molecule is Cc1ccc(OC[C@H](O)CN[C@H](C)[C@@H]2C[C@H]3CC[C@H]2C3)cc1. The highest BCUT2D eigenvalue weighted by Gasteiger charge is 2.41. The molecule has 0 aliphatic heterocycles. The minimum atomic E-state index is -0.456. The number of ether oxygens (including phenoxy) is 1. The zero-order valence-electron chi connectivity index (χ0n) is 13.8. The van der Waals surface area contributed by atoms with E-state index in [2.05, 4.69) is 19.2 Å². The van der Waals surface area contributed by atoms with Gasteiger partial charge in [0.05, 0.1) is 0 Å². The van der Waals surface area contributed by atoms with Crippen molar-refractivity contribution >= 4 is 0 Å². The molecule has 2 saturated carbocycles.